The van der Waals surface area contributed by atoms with Gasteiger partial charge in [-0.2, -0.15) is 5.10 Å². The quantitative estimate of drug-likeness (QED) is 0.810. The summed E-state index contributed by atoms with van der Waals surface area (Å²) in [5, 5.41) is 7.67. The van der Waals surface area contributed by atoms with E-state index in [1.54, 1.807) is 0 Å². The van der Waals surface area contributed by atoms with Crippen molar-refractivity contribution in [2.75, 3.05) is 46.0 Å². The number of ether oxygens (including phenoxy) is 2. The van der Waals surface area contributed by atoms with Crippen molar-refractivity contribution in [2.45, 2.75) is 32.9 Å². The van der Waals surface area contributed by atoms with E-state index >= 15 is 0 Å². The summed E-state index contributed by atoms with van der Waals surface area (Å²) < 4.78 is 11.4. The third-order valence-corrected chi connectivity index (χ3v) is 5.52. The number of rotatable bonds is 7. The van der Waals surface area contributed by atoms with Gasteiger partial charge in [-0.15, -0.1) is 0 Å². The number of hydrogen-bond donors (Lipinski definition) is 1. The summed E-state index contributed by atoms with van der Waals surface area (Å²) in [6.07, 6.45) is 2.05. The van der Waals surface area contributed by atoms with Crippen molar-refractivity contribution in [3.63, 3.8) is 0 Å². The number of nitrogens with one attached hydrogen (secondary N) is 1. The van der Waals surface area contributed by atoms with Crippen LogP contribution in [0.2, 0.25) is 0 Å². The van der Waals surface area contributed by atoms with E-state index in [4.69, 9.17) is 9.47 Å². The van der Waals surface area contributed by atoms with Crippen LogP contribution in [0.3, 0.4) is 0 Å². The van der Waals surface area contributed by atoms with Crippen molar-refractivity contribution < 1.29 is 9.47 Å². The molecule has 0 atom stereocenters. The molecule has 146 valence electrons. The van der Waals surface area contributed by atoms with Crippen LogP contribution in [0.25, 0.3) is 0 Å². The number of aromatic nitrogens is 2. The van der Waals surface area contributed by atoms with E-state index in [1.807, 2.05) is 0 Å². The summed E-state index contributed by atoms with van der Waals surface area (Å²) in [5.41, 5.74) is 5.25. The molecule has 0 amide bonds. The van der Waals surface area contributed by atoms with E-state index in [9.17, 15) is 0 Å². The highest BCUT2D eigenvalue weighted by Crippen LogP contribution is 2.23. The van der Waals surface area contributed by atoms with E-state index in [0.29, 0.717) is 0 Å². The highest BCUT2D eigenvalue weighted by atomic mass is 16.5. The van der Waals surface area contributed by atoms with Crippen LogP contribution in [0.1, 0.15) is 29.4 Å². The van der Waals surface area contributed by atoms with E-state index in [2.05, 4.69) is 51.2 Å². The zero-order chi connectivity index (χ0) is 18.5. The minimum absolute atomic E-state index is 0.728. The van der Waals surface area contributed by atoms with Crippen molar-refractivity contribution in [3.8, 4) is 5.75 Å². The Hall–Kier alpha value is -1.89. The highest BCUT2D eigenvalue weighted by Gasteiger charge is 2.21. The molecule has 0 saturated carbocycles. The Bertz CT molecular complexity index is 726. The first-order valence-corrected chi connectivity index (χ1v) is 10.1. The van der Waals surface area contributed by atoms with Gasteiger partial charge in [-0.05, 0) is 24.1 Å². The van der Waals surface area contributed by atoms with Crippen LogP contribution in [0, 0.1) is 0 Å². The summed E-state index contributed by atoms with van der Waals surface area (Å²) in [5.74, 6) is 0.969. The van der Waals surface area contributed by atoms with Gasteiger partial charge in [0.1, 0.15) is 12.4 Å². The summed E-state index contributed by atoms with van der Waals surface area (Å²) in [7, 11) is 0. The van der Waals surface area contributed by atoms with Gasteiger partial charge in [0.15, 0.2) is 0 Å². The number of nitrogens with zero attached hydrogens (tertiary/aromatic N) is 3. The first kappa shape index (κ1) is 18.5. The van der Waals surface area contributed by atoms with Gasteiger partial charge in [0.25, 0.3) is 0 Å². The molecule has 1 fully saturated rings. The van der Waals surface area contributed by atoms with Crippen LogP contribution in [-0.2, 0) is 30.7 Å². The van der Waals surface area contributed by atoms with Crippen molar-refractivity contribution in [2.24, 2.45) is 0 Å². The predicted octanol–water partition coefficient (Wildman–Crippen LogP) is 2.24. The Balaban J connectivity index is 1.30. The van der Waals surface area contributed by atoms with Crippen LogP contribution in [0.15, 0.2) is 24.3 Å². The van der Waals surface area contributed by atoms with Crippen molar-refractivity contribution >= 4 is 0 Å². The van der Waals surface area contributed by atoms with Crippen molar-refractivity contribution in [1.29, 1.82) is 0 Å². The fraction of sp³-hybridized carbons (Fsp3) is 0.571. The van der Waals surface area contributed by atoms with Crippen LogP contribution in [0.4, 0.5) is 0 Å². The molecule has 6 nitrogen and oxygen atoms in total. The maximum atomic E-state index is 6.00. The molecule has 2 aliphatic heterocycles. The van der Waals surface area contributed by atoms with Gasteiger partial charge in [0, 0.05) is 56.9 Å². The van der Waals surface area contributed by atoms with Gasteiger partial charge in [0.2, 0.25) is 0 Å². The lowest BCUT2D eigenvalue weighted by molar-refractivity contribution is 0.0322. The van der Waals surface area contributed by atoms with Crippen molar-refractivity contribution in [3.05, 3.63) is 46.8 Å². The molecule has 4 rings (SSSR count). The second-order valence-corrected chi connectivity index (χ2v) is 7.39. The van der Waals surface area contributed by atoms with Crippen molar-refractivity contribution in [1.82, 2.24) is 20.0 Å². The number of aryl methyl sites for hydroxylation is 1. The predicted molar refractivity (Wildman–Crippen MR) is 105 cm³/mol. The van der Waals surface area contributed by atoms with Gasteiger partial charge in [-0.3, -0.25) is 14.9 Å². The van der Waals surface area contributed by atoms with Gasteiger partial charge in [-0.1, -0.05) is 19.1 Å². The molecule has 27 heavy (non-hydrogen) atoms. The molecule has 0 aliphatic carbocycles. The molecule has 1 saturated heterocycles. The maximum Gasteiger partial charge on any atom is 0.119 e. The van der Waals surface area contributed by atoms with Gasteiger partial charge in [0.05, 0.1) is 18.9 Å². The second-order valence-electron chi connectivity index (χ2n) is 7.39. The summed E-state index contributed by atoms with van der Waals surface area (Å²) in [6.45, 7) is 10.6. The van der Waals surface area contributed by atoms with Crippen LogP contribution in [-0.4, -0.2) is 66.0 Å². The fourth-order valence-electron chi connectivity index (χ4n) is 3.95. The Morgan fingerprint density at radius 1 is 1.19 bits per heavy atom. The molecule has 3 heterocycles. The second kappa shape index (κ2) is 8.87. The highest BCUT2D eigenvalue weighted by molar-refractivity contribution is 5.30. The lowest BCUT2D eigenvalue weighted by Crippen LogP contribution is -2.38. The van der Waals surface area contributed by atoms with Gasteiger partial charge < -0.3 is 9.47 Å². The van der Waals surface area contributed by atoms with Crippen LogP contribution < -0.4 is 4.74 Å². The molecule has 0 bridgehead atoms. The summed E-state index contributed by atoms with van der Waals surface area (Å²) in [6, 6.07) is 8.54. The molecular weight excluding hydrogens is 340 g/mol. The first-order chi connectivity index (χ1) is 13.3. The minimum Gasteiger partial charge on any atom is -0.492 e. The number of morpholine rings is 1. The molecule has 0 spiro atoms. The maximum absolute atomic E-state index is 6.00. The number of hydrogen-bond acceptors (Lipinski definition) is 5. The number of fused-ring (bicyclic) bond motifs is 1. The van der Waals surface area contributed by atoms with E-state index in [1.165, 1.54) is 22.5 Å². The third kappa shape index (κ3) is 4.69. The third-order valence-electron chi connectivity index (χ3n) is 5.52. The van der Waals surface area contributed by atoms with E-state index < -0.39 is 0 Å². The van der Waals surface area contributed by atoms with E-state index in [0.717, 1.165) is 77.7 Å². The van der Waals surface area contributed by atoms with Crippen LogP contribution in [0.5, 0.6) is 5.75 Å². The molecule has 1 aromatic carbocycles. The molecule has 2 aliphatic rings. The zero-order valence-corrected chi connectivity index (χ0v) is 16.2. The molecule has 2 aromatic rings. The smallest absolute Gasteiger partial charge is 0.119 e. The lowest BCUT2D eigenvalue weighted by atomic mass is 10.0. The molecule has 0 radical (unpaired) electrons. The Morgan fingerprint density at radius 2 is 2.07 bits per heavy atom. The number of benzene rings is 1. The monoisotopic (exact) mass is 370 g/mol. The summed E-state index contributed by atoms with van der Waals surface area (Å²) in [4.78, 5) is 4.90. The Kier molecular flexibility index (Phi) is 6.07. The minimum atomic E-state index is 0.728. The SMILES string of the molecule is CCc1n[nH]c2c1CN(Cc1cccc(OCCN3CCOCC3)c1)CC2. The number of H-pyrrole nitrogens is 1. The molecule has 1 aromatic heterocycles. The largest absolute Gasteiger partial charge is 0.492 e. The van der Waals surface area contributed by atoms with Gasteiger partial charge >= 0.3 is 0 Å². The zero-order valence-electron chi connectivity index (χ0n) is 16.2. The Morgan fingerprint density at radius 3 is 2.93 bits per heavy atom. The van der Waals surface area contributed by atoms with E-state index in [-0.39, 0.29) is 0 Å². The molecule has 6 heteroatoms. The number of aromatic amines is 1. The molecule has 0 unspecified atom stereocenters. The first-order valence-electron chi connectivity index (χ1n) is 10.1. The molecular formula is C21H30N4O2. The average molecular weight is 370 g/mol. The topological polar surface area (TPSA) is 53.6 Å². The van der Waals surface area contributed by atoms with Gasteiger partial charge in [-0.25, -0.2) is 0 Å². The lowest BCUT2D eigenvalue weighted by Gasteiger charge is -2.27. The standard InChI is InChI=1S/C21H30N4O2/c1-2-20-19-16-25(7-6-21(19)23-22-20)15-17-4-3-5-18(14-17)27-13-10-24-8-11-26-12-9-24/h3-5,14H,2,6-13,15-16H2,1H3,(H,22,23). The summed E-state index contributed by atoms with van der Waals surface area (Å²) >= 11 is 0. The van der Waals surface area contributed by atoms with Crippen LogP contribution >= 0.6 is 0 Å². The molecule has 1 N–H and O–H groups in total. The Labute approximate surface area is 161 Å². The fourth-order valence-corrected chi connectivity index (χ4v) is 3.95. The normalized spacial score (nSPS) is 18.4. The average Bonchev–Trinajstić information content (AvgIpc) is 3.11.